The van der Waals surface area contributed by atoms with Crippen molar-refractivity contribution in [1.29, 1.82) is 0 Å². The lowest BCUT2D eigenvalue weighted by molar-refractivity contribution is -0.144. The number of hydrogen-bond donors (Lipinski definition) is 5. The maximum Gasteiger partial charge on any atom is 0.451 e. The summed E-state index contributed by atoms with van der Waals surface area (Å²) in [5.74, 6) is -1.93. The third-order valence-corrected chi connectivity index (χ3v) is 7.68. The molecule has 0 aromatic carbocycles. The summed E-state index contributed by atoms with van der Waals surface area (Å²) < 4.78 is 34.4. The van der Waals surface area contributed by atoms with E-state index in [4.69, 9.17) is 26.3 Å². The van der Waals surface area contributed by atoms with Crippen LogP contribution >= 0.6 is 0 Å². The van der Waals surface area contributed by atoms with E-state index in [0.29, 0.717) is 6.42 Å². The molecule has 2 heterocycles. The zero-order valence-electron chi connectivity index (χ0n) is 16.3. The second-order valence-corrected chi connectivity index (χ2v) is 9.78. The van der Waals surface area contributed by atoms with Crippen LogP contribution in [0.3, 0.4) is 0 Å². The van der Waals surface area contributed by atoms with Gasteiger partial charge in [-0.25, -0.2) is 0 Å². The Bertz CT molecular complexity index is 665. The second kappa shape index (κ2) is 8.92. The summed E-state index contributed by atoms with van der Waals surface area (Å²) in [6.45, 7) is 3.47. The van der Waals surface area contributed by atoms with Crippen molar-refractivity contribution in [2.45, 2.75) is 56.7 Å². The van der Waals surface area contributed by atoms with Crippen molar-refractivity contribution in [2.24, 2.45) is 17.4 Å². The summed E-state index contributed by atoms with van der Waals surface area (Å²) >= 11 is 0. The summed E-state index contributed by atoms with van der Waals surface area (Å²) in [5, 5.41) is 27.6. The molecular weight excluding hydrogens is 391 g/mol. The minimum atomic E-state index is -4.03. The van der Waals surface area contributed by atoms with Gasteiger partial charge in [0.05, 0.1) is 19.3 Å². The van der Waals surface area contributed by atoms with Crippen molar-refractivity contribution in [2.75, 3.05) is 26.3 Å². The van der Waals surface area contributed by atoms with Gasteiger partial charge < -0.3 is 31.4 Å². The van der Waals surface area contributed by atoms with Crippen molar-refractivity contribution in [3.63, 3.8) is 0 Å². The molecule has 0 aromatic heterocycles. The lowest BCUT2D eigenvalue weighted by Crippen LogP contribution is -2.58. The normalized spacial score (nSPS) is 31.8. The molecule has 13 heteroatoms. The smallest absolute Gasteiger partial charge is 0.451 e. The molecule has 0 bridgehead atoms. The van der Waals surface area contributed by atoms with Gasteiger partial charge >= 0.3 is 13.1 Å². The monoisotopic (exact) mass is 422 g/mol. The molecule has 2 aliphatic heterocycles. The topological polar surface area (TPSA) is 180 Å². The largest absolute Gasteiger partial charge is 0.480 e. The first kappa shape index (κ1) is 23.5. The molecule has 2 fully saturated rings. The molecule has 11 nitrogen and oxygen atoms in total. The van der Waals surface area contributed by atoms with Gasteiger partial charge in [0.15, 0.2) is 0 Å². The van der Waals surface area contributed by atoms with Crippen LogP contribution in [0.4, 0.5) is 0 Å². The molecular formula is C15H31BN4O7S. The predicted octanol–water partition coefficient (Wildman–Crippen LogP) is -2.37. The van der Waals surface area contributed by atoms with E-state index in [0.717, 1.165) is 4.31 Å². The minimum absolute atomic E-state index is 0.0569. The van der Waals surface area contributed by atoms with Gasteiger partial charge in [-0.05, 0) is 26.6 Å². The molecule has 0 spiro atoms. The van der Waals surface area contributed by atoms with Gasteiger partial charge in [0.1, 0.15) is 5.54 Å². The Kier molecular flexibility index (Phi) is 7.48. The number of nitrogens with zero attached hydrogens (tertiary/aromatic N) is 2. The summed E-state index contributed by atoms with van der Waals surface area (Å²) in [6, 6.07) is -1.40. The van der Waals surface area contributed by atoms with E-state index in [-0.39, 0.29) is 39.0 Å². The highest BCUT2D eigenvalue weighted by Gasteiger charge is 2.54. The molecule has 162 valence electrons. The van der Waals surface area contributed by atoms with Gasteiger partial charge in [0.2, 0.25) is 0 Å². The number of ether oxygens (including phenoxy) is 1. The highest BCUT2D eigenvalue weighted by Crippen LogP contribution is 2.34. The first-order valence-electron chi connectivity index (χ1n) is 9.41. The van der Waals surface area contributed by atoms with Crippen LogP contribution in [-0.4, -0.2) is 95.2 Å². The molecule has 2 unspecified atom stereocenters. The fraction of sp³-hybridized carbons (Fsp3) is 0.933. The SMILES string of the molecule is CC(C)N(C1COCC1N)S(=O)(=O)N1C[C@H](CCCB(O)O)[C@](N)(C(=O)O)C1. The number of aliphatic carboxylic acids is 1. The first-order chi connectivity index (χ1) is 12.9. The summed E-state index contributed by atoms with van der Waals surface area (Å²) in [5.41, 5.74) is 10.4. The summed E-state index contributed by atoms with van der Waals surface area (Å²) in [7, 11) is -5.53. The van der Waals surface area contributed by atoms with Gasteiger partial charge in [-0.2, -0.15) is 17.0 Å². The van der Waals surface area contributed by atoms with Crippen LogP contribution in [-0.2, 0) is 19.7 Å². The van der Waals surface area contributed by atoms with Crippen LogP contribution in [0.5, 0.6) is 0 Å². The molecule has 2 saturated heterocycles. The minimum Gasteiger partial charge on any atom is -0.480 e. The standard InChI is InChI=1S/C15H31BN4O7S/c1-10(2)20(13-8-27-7-12(13)17)28(25,26)19-6-11(4-3-5-16(23)24)15(18,9-19)14(21)22/h10-13,23-24H,3-9,17-18H2,1-2H3,(H,21,22)/t11-,12?,13?,15-/m0/s1. The van der Waals surface area contributed by atoms with Crippen LogP contribution in [0.1, 0.15) is 26.7 Å². The average Bonchev–Trinajstić information content (AvgIpc) is 3.12. The number of carboxylic acid groups (broad SMARTS) is 1. The van der Waals surface area contributed by atoms with E-state index >= 15 is 0 Å². The molecule has 0 aromatic rings. The van der Waals surface area contributed by atoms with Crippen LogP contribution in [0.15, 0.2) is 0 Å². The zero-order chi connectivity index (χ0) is 21.3. The zero-order valence-corrected chi connectivity index (χ0v) is 17.1. The van der Waals surface area contributed by atoms with Crippen molar-refractivity contribution in [1.82, 2.24) is 8.61 Å². The Hall–Kier alpha value is -0.795. The molecule has 0 aliphatic carbocycles. The Labute approximate surface area is 165 Å². The third-order valence-electron chi connectivity index (χ3n) is 5.53. The number of carboxylic acids is 1. The molecule has 0 amide bonds. The van der Waals surface area contributed by atoms with E-state index in [9.17, 15) is 18.3 Å². The van der Waals surface area contributed by atoms with Gasteiger partial charge in [0, 0.05) is 31.1 Å². The van der Waals surface area contributed by atoms with E-state index < -0.39 is 52.9 Å². The van der Waals surface area contributed by atoms with Crippen LogP contribution in [0, 0.1) is 5.92 Å². The van der Waals surface area contributed by atoms with Crippen molar-refractivity contribution in [3.8, 4) is 0 Å². The lowest BCUT2D eigenvalue weighted by atomic mass is 9.78. The molecule has 0 saturated carbocycles. The van der Waals surface area contributed by atoms with Crippen molar-refractivity contribution < 1.29 is 33.1 Å². The Morgan fingerprint density at radius 1 is 1.39 bits per heavy atom. The third kappa shape index (κ3) is 4.67. The number of nitrogens with two attached hydrogens (primary N) is 2. The Morgan fingerprint density at radius 3 is 2.50 bits per heavy atom. The van der Waals surface area contributed by atoms with Crippen LogP contribution in [0.25, 0.3) is 0 Å². The van der Waals surface area contributed by atoms with E-state index in [1.807, 2.05) is 0 Å². The van der Waals surface area contributed by atoms with Crippen molar-refractivity contribution >= 4 is 23.3 Å². The molecule has 4 atom stereocenters. The van der Waals surface area contributed by atoms with E-state index in [1.54, 1.807) is 13.8 Å². The Morgan fingerprint density at radius 2 is 2.04 bits per heavy atom. The Balaban J connectivity index is 2.25. The van der Waals surface area contributed by atoms with E-state index in [1.165, 1.54) is 4.31 Å². The molecule has 28 heavy (non-hydrogen) atoms. The quantitative estimate of drug-likeness (QED) is 0.254. The highest BCUT2D eigenvalue weighted by atomic mass is 32.2. The number of rotatable bonds is 9. The molecule has 0 radical (unpaired) electrons. The predicted molar refractivity (Wildman–Crippen MR) is 102 cm³/mol. The first-order valence-corrected chi connectivity index (χ1v) is 10.8. The van der Waals surface area contributed by atoms with Gasteiger partial charge in [-0.1, -0.05) is 6.42 Å². The number of hydrogen-bond acceptors (Lipinski definition) is 8. The second-order valence-electron chi connectivity index (χ2n) is 7.95. The van der Waals surface area contributed by atoms with Crippen molar-refractivity contribution in [3.05, 3.63) is 0 Å². The molecule has 2 rings (SSSR count). The lowest BCUT2D eigenvalue weighted by Gasteiger charge is -2.35. The van der Waals surface area contributed by atoms with Crippen LogP contribution in [0.2, 0.25) is 6.32 Å². The van der Waals surface area contributed by atoms with E-state index in [2.05, 4.69) is 0 Å². The fourth-order valence-corrected chi connectivity index (χ4v) is 6.09. The summed E-state index contributed by atoms with van der Waals surface area (Å²) in [6.07, 6.45) is 0.642. The maximum absolute atomic E-state index is 13.4. The summed E-state index contributed by atoms with van der Waals surface area (Å²) in [4.78, 5) is 11.8. The maximum atomic E-state index is 13.4. The van der Waals surface area contributed by atoms with Crippen LogP contribution < -0.4 is 11.5 Å². The van der Waals surface area contributed by atoms with Gasteiger partial charge in [-0.15, -0.1) is 0 Å². The van der Waals surface area contributed by atoms with Gasteiger partial charge in [-0.3, -0.25) is 4.79 Å². The average molecular weight is 422 g/mol. The molecule has 2 aliphatic rings. The number of carbonyl (C=O) groups is 1. The van der Waals surface area contributed by atoms with Gasteiger partial charge in [0.25, 0.3) is 10.2 Å². The highest BCUT2D eigenvalue weighted by molar-refractivity contribution is 7.86. The fourth-order valence-electron chi connectivity index (χ4n) is 3.98. The molecule has 7 N–H and O–H groups in total.